The molecule has 1 amide bonds. The minimum atomic E-state index is -0.643. The largest absolute Gasteiger partial charge is 0.465 e. The van der Waals surface area contributed by atoms with E-state index in [1.807, 2.05) is 30.3 Å². The molecule has 2 rings (SSSR count). The van der Waals surface area contributed by atoms with Gasteiger partial charge in [0.2, 0.25) is 5.91 Å². The third-order valence-electron chi connectivity index (χ3n) is 3.69. The second kappa shape index (κ2) is 6.55. The lowest BCUT2D eigenvalue weighted by Crippen LogP contribution is -2.32. The lowest BCUT2D eigenvalue weighted by molar-refractivity contribution is -0.152. The zero-order valence-electron chi connectivity index (χ0n) is 12.0. The number of esters is 1. The van der Waals surface area contributed by atoms with Gasteiger partial charge in [-0.15, -0.1) is 0 Å². The van der Waals surface area contributed by atoms with Crippen LogP contribution in [0.25, 0.3) is 0 Å². The van der Waals surface area contributed by atoms with Crippen molar-refractivity contribution < 1.29 is 14.3 Å². The Hall–Kier alpha value is -1.84. The van der Waals surface area contributed by atoms with Gasteiger partial charge in [0, 0.05) is 12.2 Å². The van der Waals surface area contributed by atoms with E-state index in [-0.39, 0.29) is 17.8 Å². The van der Waals surface area contributed by atoms with Crippen LogP contribution >= 0.6 is 0 Å². The number of carbonyl (C=O) groups excluding carboxylic acids is 2. The maximum absolute atomic E-state index is 12.5. The Labute approximate surface area is 119 Å². The Morgan fingerprint density at radius 1 is 1.30 bits per heavy atom. The zero-order valence-corrected chi connectivity index (χ0v) is 12.0. The van der Waals surface area contributed by atoms with E-state index in [2.05, 4.69) is 6.92 Å². The minimum absolute atomic E-state index is 0.0479. The molecule has 1 heterocycles. The van der Waals surface area contributed by atoms with Gasteiger partial charge in [-0.1, -0.05) is 31.5 Å². The summed E-state index contributed by atoms with van der Waals surface area (Å²) >= 11 is 0. The standard InChI is InChI=1S/C16H21NO3/c1-3-8-12-11-17(13-9-6-5-7-10-13)15(18)14(12)16(19)20-4-2/h5-7,9-10,12,14H,3-4,8,11H2,1-2H3/t12-,14+/m0/s1. The number of benzene rings is 1. The van der Waals surface area contributed by atoms with E-state index < -0.39 is 5.92 Å². The second-order valence-electron chi connectivity index (χ2n) is 5.06. The Morgan fingerprint density at radius 2 is 2.00 bits per heavy atom. The molecule has 1 aliphatic heterocycles. The van der Waals surface area contributed by atoms with Gasteiger partial charge >= 0.3 is 5.97 Å². The number of hydrogen-bond donors (Lipinski definition) is 0. The fourth-order valence-electron chi connectivity index (χ4n) is 2.79. The third-order valence-corrected chi connectivity index (χ3v) is 3.69. The van der Waals surface area contributed by atoms with Crippen molar-refractivity contribution in [3.05, 3.63) is 30.3 Å². The van der Waals surface area contributed by atoms with E-state index in [0.29, 0.717) is 13.2 Å². The Kier molecular flexibility index (Phi) is 4.77. The van der Waals surface area contributed by atoms with Crippen LogP contribution in [-0.2, 0) is 14.3 Å². The molecule has 20 heavy (non-hydrogen) atoms. The summed E-state index contributed by atoms with van der Waals surface area (Å²) in [5.74, 6) is -1.11. The molecule has 108 valence electrons. The summed E-state index contributed by atoms with van der Waals surface area (Å²) in [4.78, 5) is 26.3. The average Bonchev–Trinajstić information content (AvgIpc) is 2.77. The maximum Gasteiger partial charge on any atom is 0.318 e. The van der Waals surface area contributed by atoms with Gasteiger partial charge in [-0.25, -0.2) is 0 Å². The Bertz CT molecular complexity index is 472. The van der Waals surface area contributed by atoms with Crippen LogP contribution in [0.2, 0.25) is 0 Å². The first-order valence-corrected chi connectivity index (χ1v) is 7.22. The third kappa shape index (κ3) is 2.84. The van der Waals surface area contributed by atoms with Crippen LogP contribution in [0.15, 0.2) is 30.3 Å². The average molecular weight is 275 g/mol. The van der Waals surface area contributed by atoms with Gasteiger partial charge in [0.05, 0.1) is 6.61 Å². The molecule has 0 unspecified atom stereocenters. The summed E-state index contributed by atoms with van der Waals surface area (Å²) in [7, 11) is 0. The summed E-state index contributed by atoms with van der Waals surface area (Å²) in [6.45, 7) is 4.74. The second-order valence-corrected chi connectivity index (χ2v) is 5.06. The number of rotatable bonds is 5. The number of ether oxygens (including phenoxy) is 1. The number of para-hydroxylation sites is 1. The number of anilines is 1. The zero-order chi connectivity index (χ0) is 14.5. The highest BCUT2D eigenvalue weighted by molar-refractivity contribution is 6.08. The minimum Gasteiger partial charge on any atom is -0.465 e. The molecule has 1 fully saturated rings. The summed E-state index contributed by atoms with van der Waals surface area (Å²) in [6, 6.07) is 9.50. The van der Waals surface area contributed by atoms with Crippen molar-refractivity contribution in [2.45, 2.75) is 26.7 Å². The van der Waals surface area contributed by atoms with Crippen molar-refractivity contribution in [1.29, 1.82) is 0 Å². The molecule has 0 bridgehead atoms. The molecule has 0 spiro atoms. The lowest BCUT2D eigenvalue weighted by atomic mass is 9.91. The van der Waals surface area contributed by atoms with E-state index in [1.165, 1.54) is 0 Å². The first-order chi connectivity index (χ1) is 9.69. The summed E-state index contributed by atoms with van der Waals surface area (Å²) in [5, 5.41) is 0. The predicted molar refractivity (Wildman–Crippen MR) is 77.3 cm³/mol. The SMILES string of the molecule is CCC[C@H]1CN(c2ccccc2)C(=O)[C@@H]1C(=O)OCC. The van der Waals surface area contributed by atoms with Gasteiger partial charge < -0.3 is 9.64 Å². The molecule has 0 aliphatic carbocycles. The molecule has 0 radical (unpaired) electrons. The molecule has 4 heteroatoms. The molecular weight excluding hydrogens is 254 g/mol. The van der Waals surface area contributed by atoms with Gasteiger partial charge in [-0.05, 0) is 31.4 Å². The van der Waals surface area contributed by atoms with Gasteiger partial charge in [0.15, 0.2) is 0 Å². The fourth-order valence-corrected chi connectivity index (χ4v) is 2.79. The first kappa shape index (κ1) is 14.6. The molecular formula is C16H21NO3. The van der Waals surface area contributed by atoms with Crippen molar-refractivity contribution in [3.8, 4) is 0 Å². The van der Waals surface area contributed by atoms with E-state index in [4.69, 9.17) is 4.74 Å². The molecule has 0 aromatic heterocycles. The smallest absolute Gasteiger partial charge is 0.318 e. The molecule has 1 saturated heterocycles. The van der Waals surface area contributed by atoms with Gasteiger partial charge in [-0.3, -0.25) is 9.59 Å². The highest BCUT2D eigenvalue weighted by atomic mass is 16.5. The molecule has 4 nitrogen and oxygen atoms in total. The van der Waals surface area contributed by atoms with Crippen LogP contribution < -0.4 is 4.90 Å². The normalized spacial score (nSPS) is 22.1. The van der Waals surface area contributed by atoms with Crippen LogP contribution in [0.5, 0.6) is 0 Å². The summed E-state index contributed by atoms with van der Waals surface area (Å²) < 4.78 is 5.07. The van der Waals surface area contributed by atoms with E-state index in [1.54, 1.807) is 11.8 Å². The van der Waals surface area contributed by atoms with Crippen molar-refractivity contribution in [2.24, 2.45) is 11.8 Å². The van der Waals surface area contributed by atoms with Crippen LogP contribution in [0.1, 0.15) is 26.7 Å². The van der Waals surface area contributed by atoms with Gasteiger partial charge in [0.1, 0.15) is 5.92 Å². The number of amides is 1. The monoisotopic (exact) mass is 275 g/mol. The quantitative estimate of drug-likeness (QED) is 0.613. The van der Waals surface area contributed by atoms with Crippen LogP contribution in [-0.4, -0.2) is 25.0 Å². The fraction of sp³-hybridized carbons (Fsp3) is 0.500. The highest BCUT2D eigenvalue weighted by Gasteiger charge is 2.45. The maximum atomic E-state index is 12.5. The van der Waals surface area contributed by atoms with Crippen molar-refractivity contribution >= 4 is 17.6 Å². The van der Waals surface area contributed by atoms with Crippen molar-refractivity contribution in [2.75, 3.05) is 18.1 Å². The number of hydrogen-bond acceptors (Lipinski definition) is 3. The summed E-state index contributed by atoms with van der Waals surface area (Å²) in [5.41, 5.74) is 0.852. The molecule has 0 N–H and O–H groups in total. The number of nitrogens with zero attached hydrogens (tertiary/aromatic N) is 1. The molecule has 1 aliphatic rings. The highest BCUT2D eigenvalue weighted by Crippen LogP contribution is 2.33. The molecule has 1 aromatic rings. The molecule has 2 atom stereocenters. The van der Waals surface area contributed by atoms with Crippen molar-refractivity contribution in [1.82, 2.24) is 0 Å². The Balaban J connectivity index is 2.22. The van der Waals surface area contributed by atoms with E-state index in [9.17, 15) is 9.59 Å². The van der Waals surface area contributed by atoms with Crippen molar-refractivity contribution in [3.63, 3.8) is 0 Å². The van der Waals surface area contributed by atoms with Gasteiger partial charge in [-0.2, -0.15) is 0 Å². The van der Waals surface area contributed by atoms with E-state index in [0.717, 1.165) is 18.5 Å². The predicted octanol–water partition coefficient (Wildman–Crippen LogP) is 2.63. The lowest BCUT2D eigenvalue weighted by Gasteiger charge is -2.16. The molecule has 1 aromatic carbocycles. The topological polar surface area (TPSA) is 46.6 Å². The van der Waals surface area contributed by atoms with Crippen LogP contribution in [0.3, 0.4) is 0 Å². The van der Waals surface area contributed by atoms with E-state index >= 15 is 0 Å². The van der Waals surface area contributed by atoms with Gasteiger partial charge in [0.25, 0.3) is 0 Å². The summed E-state index contributed by atoms with van der Waals surface area (Å²) in [6.07, 6.45) is 1.81. The Morgan fingerprint density at radius 3 is 2.60 bits per heavy atom. The van der Waals surface area contributed by atoms with Crippen LogP contribution in [0, 0.1) is 11.8 Å². The van der Waals surface area contributed by atoms with Crippen LogP contribution in [0.4, 0.5) is 5.69 Å². The molecule has 0 saturated carbocycles. The number of carbonyl (C=O) groups is 2. The first-order valence-electron chi connectivity index (χ1n) is 7.22.